The van der Waals surface area contributed by atoms with Gasteiger partial charge in [0, 0.05) is 44.7 Å². The number of aryl methyl sites for hydroxylation is 1. The first-order chi connectivity index (χ1) is 12.6. The van der Waals surface area contributed by atoms with Gasteiger partial charge in [0.1, 0.15) is 5.56 Å². The van der Waals surface area contributed by atoms with Crippen molar-refractivity contribution in [3.8, 4) is 0 Å². The molecular weight excluding hydrogens is 332 g/mol. The molecule has 0 atom stereocenters. The molecule has 7 nitrogen and oxygen atoms in total. The van der Waals surface area contributed by atoms with Gasteiger partial charge in [-0.1, -0.05) is 11.6 Å². The van der Waals surface area contributed by atoms with Crippen molar-refractivity contribution >= 4 is 22.5 Å². The summed E-state index contributed by atoms with van der Waals surface area (Å²) in [7, 11) is 0. The van der Waals surface area contributed by atoms with E-state index in [4.69, 9.17) is 4.74 Å². The maximum absolute atomic E-state index is 13.2. The Balaban J connectivity index is 1.90. The van der Waals surface area contributed by atoms with E-state index in [1.807, 2.05) is 19.1 Å². The smallest absolute Gasteiger partial charge is 0.263 e. The molecule has 0 aliphatic carbocycles. The maximum Gasteiger partial charge on any atom is 0.263 e. The molecule has 0 saturated carbocycles. The first kappa shape index (κ1) is 17.1. The van der Waals surface area contributed by atoms with Crippen LogP contribution < -0.4 is 15.8 Å². The Labute approximate surface area is 151 Å². The van der Waals surface area contributed by atoms with Crippen molar-refractivity contribution in [3.05, 3.63) is 39.7 Å². The van der Waals surface area contributed by atoms with Crippen LogP contribution in [-0.2, 0) is 4.74 Å². The molecule has 2 saturated heterocycles. The van der Waals surface area contributed by atoms with Crippen LogP contribution in [0.2, 0.25) is 0 Å². The number of ether oxygens (including phenoxy) is 1. The molecule has 0 spiro atoms. The van der Waals surface area contributed by atoms with E-state index in [1.165, 1.54) is 0 Å². The van der Waals surface area contributed by atoms with Crippen molar-refractivity contribution in [1.29, 1.82) is 0 Å². The second-order valence-corrected chi connectivity index (χ2v) is 6.87. The zero-order chi connectivity index (χ0) is 18.1. The van der Waals surface area contributed by atoms with E-state index in [0.29, 0.717) is 26.3 Å². The number of carbonyl (C=O) groups excluding carboxylic acids is 1. The van der Waals surface area contributed by atoms with Crippen molar-refractivity contribution in [1.82, 2.24) is 15.2 Å². The van der Waals surface area contributed by atoms with Crippen LogP contribution in [0.5, 0.6) is 0 Å². The summed E-state index contributed by atoms with van der Waals surface area (Å²) in [5.41, 5.74) is 2.59. The fourth-order valence-corrected chi connectivity index (χ4v) is 3.73. The highest BCUT2D eigenvalue weighted by Gasteiger charge is 2.28. The summed E-state index contributed by atoms with van der Waals surface area (Å²) in [6.45, 7) is 7.31. The van der Waals surface area contributed by atoms with Crippen LogP contribution in [0.1, 0.15) is 15.9 Å². The molecule has 2 fully saturated rings. The van der Waals surface area contributed by atoms with E-state index >= 15 is 0 Å². The van der Waals surface area contributed by atoms with Gasteiger partial charge in [0.2, 0.25) is 0 Å². The SMILES string of the molecule is Cc1ccc2[nH]c(=O)c(C(=O)N3CCOCC3)c(N3CCNCC3)c2c1. The number of H-pyrrole nitrogens is 1. The van der Waals surface area contributed by atoms with Crippen LogP contribution in [-0.4, -0.2) is 68.3 Å². The Bertz CT molecular complexity index is 880. The van der Waals surface area contributed by atoms with Gasteiger partial charge in [0.05, 0.1) is 24.4 Å². The minimum Gasteiger partial charge on any atom is -0.378 e. The number of aromatic amines is 1. The number of piperazine rings is 1. The summed E-state index contributed by atoms with van der Waals surface area (Å²) in [5, 5.41) is 4.26. The lowest BCUT2D eigenvalue weighted by molar-refractivity contribution is 0.0302. The standard InChI is InChI=1S/C19H24N4O3/c1-13-2-3-15-14(12-13)17(22-6-4-20-5-7-22)16(18(24)21-15)19(25)23-8-10-26-11-9-23/h2-3,12,20H,4-11H2,1H3,(H,21,24). The Morgan fingerprint density at radius 3 is 2.58 bits per heavy atom. The van der Waals surface area contributed by atoms with Crippen molar-refractivity contribution in [2.24, 2.45) is 0 Å². The zero-order valence-electron chi connectivity index (χ0n) is 15.0. The molecule has 0 unspecified atom stereocenters. The number of nitrogens with zero attached hydrogens (tertiary/aromatic N) is 2. The molecule has 1 amide bonds. The normalized spacial score (nSPS) is 18.3. The molecule has 4 rings (SSSR count). The minimum atomic E-state index is -0.314. The number of nitrogens with one attached hydrogen (secondary N) is 2. The number of amides is 1. The molecule has 2 aromatic rings. The summed E-state index contributed by atoms with van der Waals surface area (Å²) < 4.78 is 5.35. The second-order valence-electron chi connectivity index (χ2n) is 6.87. The first-order valence-corrected chi connectivity index (χ1v) is 9.14. The van der Waals surface area contributed by atoms with Crippen molar-refractivity contribution in [2.75, 3.05) is 57.4 Å². The molecule has 0 bridgehead atoms. The summed E-state index contributed by atoms with van der Waals surface area (Å²) in [6.07, 6.45) is 0. The summed E-state index contributed by atoms with van der Waals surface area (Å²) in [4.78, 5) is 32.9. The number of hydrogen-bond donors (Lipinski definition) is 2. The van der Waals surface area contributed by atoms with Crippen molar-refractivity contribution < 1.29 is 9.53 Å². The van der Waals surface area contributed by atoms with Gasteiger partial charge in [0.15, 0.2) is 0 Å². The molecule has 1 aromatic carbocycles. The van der Waals surface area contributed by atoms with Crippen LogP contribution in [0.4, 0.5) is 5.69 Å². The van der Waals surface area contributed by atoms with Gasteiger partial charge in [-0.15, -0.1) is 0 Å². The van der Waals surface area contributed by atoms with Crippen LogP contribution in [0, 0.1) is 6.92 Å². The molecule has 0 radical (unpaired) electrons. The van der Waals surface area contributed by atoms with Crippen LogP contribution >= 0.6 is 0 Å². The molecule has 138 valence electrons. The Morgan fingerprint density at radius 2 is 1.85 bits per heavy atom. The van der Waals surface area contributed by atoms with Crippen LogP contribution in [0.3, 0.4) is 0 Å². The fraction of sp³-hybridized carbons (Fsp3) is 0.474. The third kappa shape index (κ3) is 3.08. The van der Waals surface area contributed by atoms with E-state index in [-0.39, 0.29) is 17.0 Å². The Kier molecular flexibility index (Phi) is 4.65. The first-order valence-electron chi connectivity index (χ1n) is 9.14. The number of anilines is 1. The maximum atomic E-state index is 13.2. The second kappa shape index (κ2) is 7.09. The number of rotatable bonds is 2. The molecule has 7 heteroatoms. The molecule has 2 N–H and O–H groups in total. The average molecular weight is 356 g/mol. The zero-order valence-corrected chi connectivity index (χ0v) is 15.0. The molecule has 2 aliphatic rings. The summed E-state index contributed by atoms with van der Waals surface area (Å²) >= 11 is 0. The molecule has 26 heavy (non-hydrogen) atoms. The van der Waals surface area contributed by atoms with Gasteiger partial charge in [0.25, 0.3) is 11.5 Å². The van der Waals surface area contributed by atoms with Crippen LogP contribution in [0.15, 0.2) is 23.0 Å². The third-order valence-corrected chi connectivity index (χ3v) is 5.09. The summed E-state index contributed by atoms with van der Waals surface area (Å²) in [6, 6.07) is 5.95. The van der Waals surface area contributed by atoms with E-state index < -0.39 is 0 Å². The lowest BCUT2D eigenvalue weighted by atomic mass is 10.0. The number of hydrogen-bond acceptors (Lipinski definition) is 5. The largest absolute Gasteiger partial charge is 0.378 e. The highest BCUT2D eigenvalue weighted by Crippen LogP contribution is 2.30. The number of fused-ring (bicyclic) bond motifs is 1. The predicted octanol–water partition coefficient (Wildman–Crippen LogP) is 0.719. The molecule has 2 aliphatic heterocycles. The van der Waals surface area contributed by atoms with Gasteiger partial charge >= 0.3 is 0 Å². The number of pyridine rings is 1. The number of carbonyl (C=O) groups is 1. The monoisotopic (exact) mass is 356 g/mol. The number of morpholine rings is 1. The number of benzene rings is 1. The number of aromatic nitrogens is 1. The minimum absolute atomic E-state index is 0.202. The van der Waals surface area contributed by atoms with E-state index in [0.717, 1.165) is 48.3 Å². The Hall–Kier alpha value is -2.38. The van der Waals surface area contributed by atoms with Gasteiger partial charge in [-0.05, 0) is 19.1 Å². The highest BCUT2D eigenvalue weighted by atomic mass is 16.5. The van der Waals surface area contributed by atoms with Gasteiger partial charge in [-0.25, -0.2) is 0 Å². The van der Waals surface area contributed by atoms with Gasteiger partial charge in [-0.3, -0.25) is 9.59 Å². The predicted molar refractivity (Wildman–Crippen MR) is 101 cm³/mol. The summed E-state index contributed by atoms with van der Waals surface area (Å²) in [5.74, 6) is -0.202. The van der Waals surface area contributed by atoms with Crippen LogP contribution in [0.25, 0.3) is 10.9 Å². The average Bonchev–Trinajstić information content (AvgIpc) is 2.68. The highest BCUT2D eigenvalue weighted by molar-refractivity contribution is 6.07. The van der Waals surface area contributed by atoms with E-state index in [9.17, 15) is 9.59 Å². The van der Waals surface area contributed by atoms with E-state index in [2.05, 4.69) is 21.3 Å². The van der Waals surface area contributed by atoms with Gasteiger partial charge in [-0.2, -0.15) is 0 Å². The lowest BCUT2D eigenvalue weighted by Gasteiger charge is -2.33. The third-order valence-electron chi connectivity index (χ3n) is 5.09. The topological polar surface area (TPSA) is 77.7 Å². The Morgan fingerprint density at radius 1 is 1.12 bits per heavy atom. The molecule has 3 heterocycles. The fourth-order valence-electron chi connectivity index (χ4n) is 3.73. The van der Waals surface area contributed by atoms with Crippen molar-refractivity contribution in [3.63, 3.8) is 0 Å². The molecule has 1 aromatic heterocycles. The van der Waals surface area contributed by atoms with E-state index in [1.54, 1.807) is 4.90 Å². The molecular formula is C19H24N4O3. The van der Waals surface area contributed by atoms with Gasteiger partial charge < -0.3 is 24.8 Å². The van der Waals surface area contributed by atoms with Crippen molar-refractivity contribution in [2.45, 2.75) is 6.92 Å². The lowest BCUT2D eigenvalue weighted by Crippen LogP contribution is -2.47. The quantitative estimate of drug-likeness (QED) is 0.829.